The first-order chi connectivity index (χ1) is 11.1. The van der Waals surface area contributed by atoms with Gasteiger partial charge in [0, 0.05) is 5.02 Å². The molecule has 1 unspecified atom stereocenters. The van der Waals surface area contributed by atoms with Gasteiger partial charge in [-0.05, 0) is 41.0 Å². The second-order valence-corrected chi connectivity index (χ2v) is 6.10. The summed E-state index contributed by atoms with van der Waals surface area (Å²) in [5, 5.41) is 6.00. The van der Waals surface area contributed by atoms with Gasteiger partial charge in [0.2, 0.25) is 5.91 Å². The van der Waals surface area contributed by atoms with Gasteiger partial charge in [0.25, 0.3) is 0 Å². The van der Waals surface area contributed by atoms with Crippen molar-refractivity contribution in [3.05, 3.63) is 82.9 Å². The summed E-state index contributed by atoms with van der Waals surface area (Å²) in [6.07, 6.45) is 0.367. The molecule has 1 atom stereocenters. The fraction of sp³-hybridized carbons (Fsp3) is 0.150. The van der Waals surface area contributed by atoms with Gasteiger partial charge in [0.05, 0.1) is 12.5 Å². The normalized spacial score (nSPS) is 12.1. The number of hydrogen-bond donors (Lipinski definition) is 1. The molecule has 116 valence electrons. The molecule has 0 saturated carbocycles. The van der Waals surface area contributed by atoms with Crippen LogP contribution in [-0.2, 0) is 11.2 Å². The Kier molecular flexibility index (Phi) is 4.63. The van der Waals surface area contributed by atoms with Gasteiger partial charge < -0.3 is 5.32 Å². The number of nitrogens with one attached hydrogen (secondary N) is 1. The molecule has 0 radical (unpaired) electrons. The molecule has 0 saturated heterocycles. The molecule has 0 fully saturated rings. The molecule has 0 aromatic heterocycles. The van der Waals surface area contributed by atoms with Gasteiger partial charge in [0.15, 0.2) is 0 Å². The molecule has 3 rings (SSSR count). The molecule has 0 aliphatic rings. The number of benzene rings is 3. The van der Waals surface area contributed by atoms with Crippen molar-refractivity contribution >= 4 is 28.3 Å². The molecule has 1 N–H and O–H groups in total. The quantitative estimate of drug-likeness (QED) is 0.726. The van der Waals surface area contributed by atoms with Crippen LogP contribution in [0.25, 0.3) is 10.8 Å². The van der Waals surface area contributed by atoms with Gasteiger partial charge in [-0.15, -0.1) is 0 Å². The highest BCUT2D eigenvalue weighted by Gasteiger charge is 2.11. The van der Waals surface area contributed by atoms with Crippen LogP contribution in [-0.4, -0.2) is 5.91 Å². The standard InChI is InChI=1S/C20H18ClNO/c1-14(16-8-5-10-18(21)12-16)22-20(23)13-17-9-4-7-15-6-2-3-11-19(15)17/h2-12,14H,13H2,1H3,(H,22,23). The zero-order valence-electron chi connectivity index (χ0n) is 12.9. The monoisotopic (exact) mass is 323 g/mol. The minimum atomic E-state index is -0.0730. The topological polar surface area (TPSA) is 29.1 Å². The third-order valence-electron chi connectivity index (χ3n) is 3.96. The first-order valence-corrected chi connectivity index (χ1v) is 8.03. The second kappa shape index (κ2) is 6.84. The Balaban J connectivity index is 1.74. The van der Waals surface area contributed by atoms with Crippen LogP contribution in [0, 0.1) is 0 Å². The summed E-state index contributed by atoms with van der Waals surface area (Å²) in [7, 11) is 0. The smallest absolute Gasteiger partial charge is 0.224 e. The zero-order valence-corrected chi connectivity index (χ0v) is 13.7. The minimum Gasteiger partial charge on any atom is -0.349 e. The van der Waals surface area contributed by atoms with Crippen LogP contribution in [0.5, 0.6) is 0 Å². The highest BCUT2D eigenvalue weighted by atomic mass is 35.5. The van der Waals surface area contributed by atoms with E-state index in [1.807, 2.05) is 55.5 Å². The fourth-order valence-electron chi connectivity index (χ4n) is 2.77. The summed E-state index contributed by atoms with van der Waals surface area (Å²) in [4.78, 5) is 12.4. The van der Waals surface area contributed by atoms with Crippen LogP contribution in [0.15, 0.2) is 66.7 Å². The average Bonchev–Trinajstić information content (AvgIpc) is 2.55. The second-order valence-electron chi connectivity index (χ2n) is 5.66. The first kappa shape index (κ1) is 15.6. The predicted molar refractivity (Wildman–Crippen MR) is 95.7 cm³/mol. The Labute approximate surface area is 141 Å². The van der Waals surface area contributed by atoms with Gasteiger partial charge in [-0.2, -0.15) is 0 Å². The largest absolute Gasteiger partial charge is 0.349 e. The van der Waals surface area contributed by atoms with Crippen LogP contribution in [0.2, 0.25) is 5.02 Å². The van der Waals surface area contributed by atoms with E-state index in [1.165, 1.54) is 0 Å². The Bertz CT molecular complexity index is 838. The van der Waals surface area contributed by atoms with Crippen molar-refractivity contribution < 1.29 is 4.79 Å². The number of halogens is 1. The summed E-state index contributed by atoms with van der Waals surface area (Å²) < 4.78 is 0. The molecule has 3 aromatic rings. The number of fused-ring (bicyclic) bond motifs is 1. The van der Waals surface area contributed by atoms with Crippen LogP contribution < -0.4 is 5.32 Å². The van der Waals surface area contributed by atoms with Crippen molar-refractivity contribution in [2.45, 2.75) is 19.4 Å². The third-order valence-corrected chi connectivity index (χ3v) is 4.19. The maximum atomic E-state index is 12.4. The summed E-state index contributed by atoms with van der Waals surface area (Å²) in [6.45, 7) is 1.96. The summed E-state index contributed by atoms with van der Waals surface area (Å²) in [5.74, 6) is 0.00817. The molecule has 0 spiro atoms. The van der Waals surface area contributed by atoms with Crippen molar-refractivity contribution in [3.63, 3.8) is 0 Å². The van der Waals surface area contributed by atoms with E-state index >= 15 is 0 Å². The summed E-state index contributed by atoms with van der Waals surface area (Å²) in [5.41, 5.74) is 2.04. The summed E-state index contributed by atoms with van der Waals surface area (Å²) in [6, 6.07) is 21.7. The van der Waals surface area contributed by atoms with Crippen LogP contribution >= 0.6 is 11.6 Å². The molecule has 1 amide bonds. The van der Waals surface area contributed by atoms with Crippen molar-refractivity contribution in [3.8, 4) is 0 Å². The lowest BCUT2D eigenvalue weighted by molar-refractivity contribution is -0.121. The van der Waals surface area contributed by atoms with E-state index in [4.69, 9.17) is 11.6 Å². The Morgan fingerprint density at radius 2 is 1.78 bits per heavy atom. The Hall–Kier alpha value is -2.32. The number of hydrogen-bond acceptors (Lipinski definition) is 1. The summed E-state index contributed by atoms with van der Waals surface area (Å²) >= 11 is 6.01. The minimum absolute atomic E-state index is 0.00817. The molecule has 0 aliphatic carbocycles. The Morgan fingerprint density at radius 3 is 2.61 bits per heavy atom. The van der Waals surface area contributed by atoms with E-state index in [1.54, 1.807) is 0 Å². The first-order valence-electron chi connectivity index (χ1n) is 7.65. The molecule has 3 heteroatoms. The average molecular weight is 324 g/mol. The highest BCUT2D eigenvalue weighted by Crippen LogP contribution is 2.20. The molecular weight excluding hydrogens is 306 g/mol. The molecule has 3 aromatic carbocycles. The Morgan fingerprint density at radius 1 is 1.04 bits per heavy atom. The van der Waals surface area contributed by atoms with Gasteiger partial charge in [-0.3, -0.25) is 4.79 Å². The van der Waals surface area contributed by atoms with Gasteiger partial charge in [-0.1, -0.05) is 66.2 Å². The van der Waals surface area contributed by atoms with Crippen molar-refractivity contribution in [2.24, 2.45) is 0 Å². The van der Waals surface area contributed by atoms with E-state index < -0.39 is 0 Å². The lowest BCUT2D eigenvalue weighted by atomic mass is 10.0. The van der Waals surface area contributed by atoms with E-state index in [9.17, 15) is 4.79 Å². The molecule has 2 nitrogen and oxygen atoms in total. The predicted octanol–water partition coefficient (Wildman–Crippen LogP) is 4.91. The molecular formula is C20H18ClNO. The maximum Gasteiger partial charge on any atom is 0.224 e. The van der Waals surface area contributed by atoms with E-state index in [0.717, 1.165) is 21.9 Å². The van der Waals surface area contributed by atoms with Gasteiger partial charge >= 0.3 is 0 Å². The molecule has 23 heavy (non-hydrogen) atoms. The van der Waals surface area contributed by atoms with Crippen LogP contribution in [0.4, 0.5) is 0 Å². The van der Waals surface area contributed by atoms with E-state index in [-0.39, 0.29) is 11.9 Å². The molecule has 0 bridgehead atoms. The van der Waals surface area contributed by atoms with Gasteiger partial charge in [0.1, 0.15) is 0 Å². The lowest BCUT2D eigenvalue weighted by Gasteiger charge is -2.15. The fourth-order valence-corrected chi connectivity index (χ4v) is 2.97. The van der Waals surface area contributed by atoms with Gasteiger partial charge in [-0.25, -0.2) is 0 Å². The molecule has 0 aliphatic heterocycles. The number of rotatable bonds is 4. The zero-order chi connectivity index (χ0) is 16.2. The van der Waals surface area contributed by atoms with Crippen LogP contribution in [0.3, 0.4) is 0 Å². The van der Waals surface area contributed by atoms with Crippen LogP contribution in [0.1, 0.15) is 24.1 Å². The SMILES string of the molecule is CC(NC(=O)Cc1cccc2ccccc12)c1cccc(Cl)c1. The lowest BCUT2D eigenvalue weighted by Crippen LogP contribution is -2.28. The molecule has 0 heterocycles. The third kappa shape index (κ3) is 3.72. The number of carbonyl (C=O) groups is 1. The number of carbonyl (C=O) groups excluding carboxylic acids is 1. The van der Waals surface area contributed by atoms with Crippen molar-refractivity contribution in [1.82, 2.24) is 5.32 Å². The van der Waals surface area contributed by atoms with E-state index in [2.05, 4.69) is 23.5 Å². The van der Waals surface area contributed by atoms with E-state index in [0.29, 0.717) is 11.4 Å². The number of amides is 1. The maximum absolute atomic E-state index is 12.4. The van der Waals surface area contributed by atoms with Crippen molar-refractivity contribution in [2.75, 3.05) is 0 Å². The highest BCUT2D eigenvalue weighted by molar-refractivity contribution is 6.30. The van der Waals surface area contributed by atoms with Crippen molar-refractivity contribution in [1.29, 1.82) is 0 Å².